The third kappa shape index (κ3) is 3.14. The quantitative estimate of drug-likeness (QED) is 0.912. The zero-order chi connectivity index (χ0) is 13.0. The van der Waals surface area contributed by atoms with E-state index < -0.39 is 0 Å². The molecule has 1 N–H and O–H groups in total. The van der Waals surface area contributed by atoms with Crippen LogP contribution in [-0.4, -0.2) is 22.9 Å². The summed E-state index contributed by atoms with van der Waals surface area (Å²) < 4.78 is 1.75. The molecule has 0 radical (unpaired) electrons. The summed E-state index contributed by atoms with van der Waals surface area (Å²) in [5.41, 5.74) is 0. The second-order valence-electron chi connectivity index (χ2n) is 3.46. The van der Waals surface area contributed by atoms with Gasteiger partial charge in [-0.3, -0.25) is 9.59 Å². The Labute approximate surface area is 111 Å². The van der Waals surface area contributed by atoms with Crippen LogP contribution in [0.5, 0.6) is 0 Å². The highest BCUT2D eigenvalue weighted by Crippen LogP contribution is 2.07. The number of hydrogen-bond donors (Lipinski definition) is 1. The molecule has 2 heterocycles. The summed E-state index contributed by atoms with van der Waals surface area (Å²) in [6.45, 7) is -0.0887. The van der Waals surface area contributed by atoms with Crippen LogP contribution in [0.2, 0.25) is 0 Å². The van der Waals surface area contributed by atoms with E-state index in [0.717, 1.165) is 0 Å². The Morgan fingerprint density at radius 1 is 1.39 bits per heavy atom. The Morgan fingerprint density at radius 2 is 2.22 bits per heavy atom. The Bertz CT molecular complexity index is 610. The summed E-state index contributed by atoms with van der Waals surface area (Å²) in [5.74, 6) is -0.609. The van der Waals surface area contributed by atoms with E-state index in [2.05, 4.69) is 10.3 Å². The number of nitrogens with one attached hydrogen (secondary N) is 1. The van der Waals surface area contributed by atoms with Gasteiger partial charge in [0, 0.05) is 18.6 Å². The molecule has 2 aromatic rings. The summed E-state index contributed by atoms with van der Waals surface area (Å²) >= 11 is 2.71. The first-order valence-corrected chi connectivity index (χ1v) is 6.92. The number of carbonyl (C=O) groups excluding carboxylic acids is 2. The van der Waals surface area contributed by atoms with Crippen molar-refractivity contribution in [2.45, 2.75) is 0 Å². The minimum absolute atomic E-state index is 0.0887. The second kappa shape index (κ2) is 5.74. The minimum atomic E-state index is -0.363. The van der Waals surface area contributed by atoms with Gasteiger partial charge in [-0.15, -0.1) is 22.7 Å². The van der Waals surface area contributed by atoms with Crippen molar-refractivity contribution in [2.75, 3.05) is 6.54 Å². The van der Waals surface area contributed by atoms with Crippen LogP contribution < -0.4 is 10.1 Å². The molecule has 94 valence electrons. The lowest BCUT2D eigenvalue weighted by molar-refractivity contribution is -0.117. The van der Waals surface area contributed by atoms with Crippen molar-refractivity contribution >= 4 is 34.5 Å². The predicted molar refractivity (Wildman–Crippen MR) is 70.5 cm³/mol. The first-order chi connectivity index (χ1) is 8.66. The Hall–Kier alpha value is -1.73. The molecule has 0 spiro atoms. The maximum absolute atomic E-state index is 11.6. The number of rotatable bonds is 3. The van der Waals surface area contributed by atoms with Crippen LogP contribution in [0.3, 0.4) is 0 Å². The van der Waals surface area contributed by atoms with E-state index in [1.54, 1.807) is 16.7 Å². The molecular weight excluding hydrogens is 270 g/mol. The van der Waals surface area contributed by atoms with Gasteiger partial charge in [0.1, 0.15) is 0 Å². The van der Waals surface area contributed by atoms with Crippen LogP contribution in [0, 0.1) is 0 Å². The van der Waals surface area contributed by atoms with Crippen LogP contribution in [0.25, 0.3) is 0 Å². The number of thiophene rings is 1. The SMILES string of the molecule is Cn1ccsc1=NC(=O)CNC(=O)c1cccs1. The fraction of sp³-hybridized carbons (Fsp3) is 0.182. The lowest BCUT2D eigenvalue weighted by atomic mass is 10.4. The van der Waals surface area contributed by atoms with Gasteiger partial charge in [-0.05, 0) is 11.4 Å². The van der Waals surface area contributed by atoms with Crippen molar-refractivity contribution in [2.24, 2.45) is 12.0 Å². The molecule has 2 amide bonds. The molecule has 0 saturated heterocycles. The van der Waals surface area contributed by atoms with Crippen LogP contribution >= 0.6 is 22.7 Å². The highest BCUT2D eigenvalue weighted by molar-refractivity contribution is 7.12. The molecule has 0 aliphatic heterocycles. The zero-order valence-corrected chi connectivity index (χ0v) is 11.3. The number of carbonyl (C=O) groups is 2. The van der Waals surface area contributed by atoms with Gasteiger partial charge >= 0.3 is 0 Å². The fourth-order valence-corrected chi connectivity index (χ4v) is 2.62. The first kappa shape index (κ1) is 12.7. The molecule has 0 aliphatic rings. The van der Waals surface area contributed by atoms with Gasteiger partial charge in [0.2, 0.25) is 0 Å². The number of amides is 2. The van der Waals surface area contributed by atoms with Gasteiger partial charge in [-0.25, -0.2) is 0 Å². The van der Waals surface area contributed by atoms with E-state index in [4.69, 9.17) is 0 Å². The van der Waals surface area contributed by atoms with Crippen LogP contribution in [-0.2, 0) is 11.8 Å². The number of thiazole rings is 1. The van der Waals surface area contributed by atoms with Crippen molar-refractivity contribution in [1.29, 1.82) is 0 Å². The second-order valence-corrected chi connectivity index (χ2v) is 5.28. The third-order valence-electron chi connectivity index (χ3n) is 2.13. The molecule has 0 bridgehead atoms. The third-order valence-corrected chi connectivity index (χ3v) is 3.84. The standard InChI is InChI=1S/C11H11N3O2S2/c1-14-4-6-18-11(14)13-9(15)7-12-10(16)8-3-2-5-17-8/h2-6H,7H2,1H3,(H,12,16). The topological polar surface area (TPSA) is 63.5 Å². The average Bonchev–Trinajstić information content (AvgIpc) is 2.99. The molecule has 0 aromatic carbocycles. The Balaban J connectivity index is 1.94. The number of aryl methyl sites for hydroxylation is 1. The molecular formula is C11H11N3O2S2. The molecule has 2 aromatic heterocycles. The van der Waals surface area contributed by atoms with E-state index in [-0.39, 0.29) is 18.4 Å². The van der Waals surface area contributed by atoms with Crippen LogP contribution in [0.4, 0.5) is 0 Å². The van der Waals surface area contributed by atoms with E-state index in [1.165, 1.54) is 22.7 Å². The molecule has 0 saturated carbocycles. The van der Waals surface area contributed by atoms with Crippen LogP contribution in [0.15, 0.2) is 34.1 Å². The largest absolute Gasteiger partial charge is 0.342 e. The highest BCUT2D eigenvalue weighted by Gasteiger charge is 2.07. The van der Waals surface area contributed by atoms with E-state index in [1.807, 2.05) is 24.0 Å². The fourth-order valence-electron chi connectivity index (χ4n) is 1.23. The van der Waals surface area contributed by atoms with Gasteiger partial charge in [0.15, 0.2) is 4.80 Å². The molecule has 18 heavy (non-hydrogen) atoms. The summed E-state index contributed by atoms with van der Waals surface area (Å²) in [5, 5.41) is 6.20. The number of aromatic nitrogens is 1. The Morgan fingerprint density at radius 3 is 2.83 bits per heavy atom. The average molecular weight is 281 g/mol. The number of hydrogen-bond acceptors (Lipinski definition) is 4. The molecule has 0 unspecified atom stereocenters. The van der Waals surface area contributed by atoms with Gasteiger partial charge in [-0.2, -0.15) is 4.99 Å². The van der Waals surface area contributed by atoms with Crippen molar-refractivity contribution in [3.05, 3.63) is 38.8 Å². The maximum Gasteiger partial charge on any atom is 0.267 e. The van der Waals surface area contributed by atoms with Gasteiger partial charge in [-0.1, -0.05) is 6.07 Å². The maximum atomic E-state index is 11.6. The zero-order valence-electron chi connectivity index (χ0n) is 9.62. The minimum Gasteiger partial charge on any atom is -0.342 e. The molecule has 0 atom stereocenters. The first-order valence-electron chi connectivity index (χ1n) is 5.16. The molecule has 2 rings (SSSR count). The lowest BCUT2D eigenvalue weighted by Gasteiger charge is -1.99. The van der Waals surface area contributed by atoms with Gasteiger partial charge < -0.3 is 9.88 Å². The van der Waals surface area contributed by atoms with E-state index in [9.17, 15) is 9.59 Å². The van der Waals surface area contributed by atoms with Crippen molar-refractivity contribution in [1.82, 2.24) is 9.88 Å². The highest BCUT2D eigenvalue weighted by atomic mass is 32.1. The summed E-state index contributed by atoms with van der Waals surface area (Å²) in [7, 11) is 1.81. The lowest BCUT2D eigenvalue weighted by Crippen LogP contribution is -2.29. The molecule has 5 nitrogen and oxygen atoms in total. The van der Waals surface area contributed by atoms with E-state index in [0.29, 0.717) is 9.68 Å². The number of nitrogens with zero attached hydrogens (tertiary/aromatic N) is 2. The molecule has 0 fully saturated rings. The van der Waals surface area contributed by atoms with E-state index >= 15 is 0 Å². The molecule has 7 heteroatoms. The Kier molecular flexibility index (Phi) is 4.06. The molecule has 0 aliphatic carbocycles. The van der Waals surface area contributed by atoms with Crippen molar-refractivity contribution < 1.29 is 9.59 Å². The normalized spacial score (nSPS) is 11.5. The van der Waals surface area contributed by atoms with Gasteiger partial charge in [0.05, 0.1) is 11.4 Å². The van der Waals surface area contributed by atoms with Crippen molar-refractivity contribution in [3.8, 4) is 0 Å². The summed E-state index contributed by atoms with van der Waals surface area (Å²) in [4.78, 5) is 28.2. The summed E-state index contributed by atoms with van der Waals surface area (Å²) in [6.07, 6.45) is 1.82. The predicted octanol–water partition coefficient (Wildman–Crippen LogP) is 1.01. The smallest absolute Gasteiger partial charge is 0.267 e. The monoisotopic (exact) mass is 281 g/mol. The van der Waals surface area contributed by atoms with Crippen LogP contribution in [0.1, 0.15) is 9.67 Å². The van der Waals surface area contributed by atoms with Crippen molar-refractivity contribution in [3.63, 3.8) is 0 Å². The van der Waals surface area contributed by atoms with Gasteiger partial charge in [0.25, 0.3) is 11.8 Å². The summed E-state index contributed by atoms with van der Waals surface area (Å²) in [6, 6.07) is 3.50.